The van der Waals surface area contributed by atoms with Gasteiger partial charge in [-0.25, -0.2) is 0 Å². The highest BCUT2D eigenvalue weighted by Gasteiger charge is 2.19. The van der Waals surface area contributed by atoms with Crippen LogP contribution in [-0.2, 0) is 28.6 Å². The van der Waals surface area contributed by atoms with E-state index in [2.05, 4.69) is 215 Å². The Kier molecular flexibility index (Phi) is 64.0. The van der Waals surface area contributed by atoms with E-state index in [1.54, 1.807) is 0 Å². The van der Waals surface area contributed by atoms with E-state index in [1.165, 1.54) is 12.8 Å². The zero-order valence-electron chi connectivity index (χ0n) is 52.9. The number of ether oxygens (including phenoxy) is 3. The van der Waals surface area contributed by atoms with Gasteiger partial charge in [-0.3, -0.25) is 14.4 Å². The van der Waals surface area contributed by atoms with Crippen LogP contribution in [0.1, 0.15) is 252 Å². The van der Waals surface area contributed by atoms with Crippen molar-refractivity contribution < 1.29 is 28.6 Å². The van der Waals surface area contributed by atoms with Crippen LogP contribution in [0.15, 0.2) is 194 Å². The highest BCUT2D eigenvalue weighted by Crippen LogP contribution is 2.13. The molecule has 6 heteroatoms. The third-order valence-corrected chi connectivity index (χ3v) is 13.1. The molecule has 462 valence electrons. The average Bonchev–Trinajstić information content (AvgIpc) is 3.49. The van der Waals surface area contributed by atoms with Crippen LogP contribution in [0.3, 0.4) is 0 Å². The minimum absolute atomic E-state index is 0.115. The number of allylic oxidation sites excluding steroid dienone is 32. The number of hydrogen-bond acceptors (Lipinski definition) is 6. The van der Waals surface area contributed by atoms with Gasteiger partial charge in [0.15, 0.2) is 6.10 Å². The summed E-state index contributed by atoms with van der Waals surface area (Å²) in [7, 11) is 0. The molecule has 0 bridgehead atoms. The summed E-state index contributed by atoms with van der Waals surface area (Å²) in [6.45, 7) is 6.23. The van der Waals surface area contributed by atoms with E-state index in [0.717, 1.165) is 199 Å². The average molecular weight is 1140 g/mol. The van der Waals surface area contributed by atoms with Crippen LogP contribution < -0.4 is 0 Å². The fourth-order valence-corrected chi connectivity index (χ4v) is 8.26. The highest BCUT2D eigenvalue weighted by molar-refractivity contribution is 5.71. The number of hydrogen-bond donors (Lipinski definition) is 0. The Labute approximate surface area is 509 Å². The summed E-state index contributed by atoms with van der Waals surface area (Å²) in [4.78, 5) is 38.4. The van der Waals surface area contributed by atoms with Gasteiger partial charge in [0.05, 0.1) is 0 Å². The lowest BCUT2D eigenvalue weighted by atomic mass is 10.1. The Morgan fingerprint density at radius 1 is 0.241 bits per heavy atom. The van der Waals surface area contributed by atoms with Gasteiger partial charge >= 0.3 is 17.9 Å². The molecule has 0 saturated carbocycles. The van der Waals surface area contributed by atoms with Gasteiger partial charge in [-0.15, -0.1) is 0 Å². The third kappa shape index (κ3) is 66.9. The maximum absolute atomic E-state index is 12.9. The molecule has 0 spiro atoms. The van der Waals surface area contributed by atoms with E-state index in [4.69, 9.17) is 14.2 Å². The molecular formula is C77H118O6. The molecular weight excluding hydrogens is 1020 g/mol. The molecule has 0 radical (unpaired) electrons. The quantitative estimate of drug-likeness (QED) is 0.0261. The molecule has 0 aliphatic rings. The predicted octanol–water partition coefficient (Wildman–Crippen LogP) is 23.0. The number of rotatable bonds is 57. The topological polar surface area (TPSA) is 78.9 Å². The van der Waals surface area contributed by atoms with Crippen molar-refractivity contribution in [2.24, 2.45) is 0 Å². The zero-order chi connectivity index (χ0) is 59.9. The monoisotopic (exact) mass is 1140 g/mol. The standard InChI is InChI=1S/C77H118O6/c1-4-7-10-13-16-19-22-25-28-30-32-34-36-38-40-42-44-46-49-52-55-58-61-64-67-70-76(79)82-73-74(72-81-75(78)69-66-63-60-57-54-51-48-27-24-21-18-15-12-9-6-3)83-77(80)71-68-65-62-59-56-53-50-47-45-43-41-39-37-35-33-31-29-26-23-20-17-14-11-8-5-2/h7-12,16-21,25-29,32-35,38-41,44-48,52,55,74H,4-6,13-15,22-24,30-31,36-37,42-43,49-51,53-54,56-73H2,1-3H3/b10-7-,11-8-,12-9-,19-16-,20-17-,21-18-,28-25-,29-26-,34-32-,35-33-,40-38-,41-39-,46-44-,47-45-,48-27-,55-52-. The molecule has 0 saturated heterocycles. The van der Waals surface area contributed by atoms with Crippen molar-refractivity contribution in [3.05, 3.63) is 194 Å². The van der Waals surface area contributed by atoms with E-state index < -0.39 is 6.10 Å². The van der Waals surface area contributed by atoms with E-state index in [0.29, 0.717) is 12.8 Å². The summed E-state index contributed by atoms with van der Waals surface area (Å²) in [5.41, 5.74) is 0. The SMILES string of the molecule is CC/C=C\C/C=C\C/C=C\C/C=C\C/C=C\C/C=C\C/C=C\CCCCCC(=O)OCC(COC(=O)CCCCCCC/C=C\C/C=C\C/C=C\CC)OC(=O)CCCCCCCC/C=C\C/C=C\C/C=C\C/C=C\C/C=C\C/C=C\CC. The molecule has 0 N–H and O–H groups in total. The molecule has 1 unspecified atom stereocenters. The van der Waals surface area contributed by atoms with Crippen molar-refractivity contribution in [1.29, 1.82) is 0 Å². The second kappa shape index (κ2) is 68.7. The molecule has 0 aliphatic heterocycles. The first-order valence-corrected chi connectivity index (χ1v) is 32.9. The van der Waals surface area contributed by atoms with Gasteiger partial charge in [-0.1, -0.05) is 267 Å². The van der Waals surface area contributed by atoms with Crippen molar-refractivity contribution >= 4 is 17.9 Å². The molecule has 0 amide bonds. The van der Waals surface area contributed by atoms with Gasteiger partial charge in [0, 0.05) is 19.3 Å². The highest BCUT2D eigenvalue weighted by atomic mass is 16.6. The first-order chi connectivity index (χ1) is 41.0. The fourth-order valence-electron chi connectivity index (χ4n) is 8.26. The first kappa shape index (κ1) is 77.2. The second-order valence-corrected chi connectivity index (χ2v) is 20.9. The van der Waals surface area contributed by atoms with Crippen LogP contribution in [0.5, 0.6) is 0 Å². The van der Waals surface area contributed by atoms with E-state index in [1.807, 2.05) is 0 Å². The van der Waals surface area contributed by atoms with Crippen molar-refractivity contribution in [2.75, 3.05) is 13.2 Å². The minimum atomic E-state index is -0.822. The summed E-state index contributed by atoms with van der Waals surface area (Å²) in [5.74, 6) is -0.986. The fraction of sp³-hybridized carbons (Fsp3) is 0.545. The van der Waals surface area contributed by atoms with Crippen LogP contribution in [0.2, 0.25) is 0 Å². The number of esters is 3. The normalized spacial score (nSPS) is 13.4. The van der Waals surface area contributed by atoms with E-state index in [9.17, 15) is 14.4 Å². The molecule has 0 fully saturated rings. The molecule has 0 heterocycles. The van der Waals surface area contributed by atoms with Crippen molar-refractivity contribution in [1.82, 2.24) is 0 Å². The van der Waals surface area contributed by atoms with Gasteiger partial charge in [0.2, 0.25) is 0 Å². The maximum Gasteiger partial charge on any atom is 0.306 e. The Hall–Kier alpha value is -5.75. The Morgan fingerprint density at radius 2 is 0.434 bits per heavy atom. The molecule has 0 aromatic heterocycles. The third-order valence-electron chi connectivity index (χ3n) is 13.1. The second-order valence-electron chi connectivity index (χ2n) is 20.9. The Morgan fingerprint density at radius 3 is 0.687 bits per heavy atom. The molecule has 0 aromatic carbocycles. The lowest BCUT2D eigenvalue weighted by molar-refractivity contribution is -0.167. The van der Waals surface area contributed by atoms with Gasteiger partial charge in [0.25, 0.3) is 0 Å². The summed E-state index contributed by atoms with van der Waals surface area (Å²) in [6, 6.07) is 0. The number of carbonyl (C=O) groups is 3. The van der Waals surface area contributed by atoms with Crippen molar-refractivity contribution in [3.63, 3.8) is 0 Å². The van der Waals surface area contributed by atoms with Crippen LogP contribution in [0.4, 0.5) is 0 Å². The van der Waals surface area contributed by atoms with E-state index >= 15 is 0 Å². The number of unbranched alkanes of at least 4 members (excludes halogenated alkanes) is 14. The largest absolute Gasteiger partial charge is 0.462 e. The summed E-state index contributed by atoms with van der Waals surface area (Å²) in [5, 5.41) is 0. The van der Waals surface area contributed by atoms with Gasteiger partial charge < -0.3 is 14.2 Å². The van der Waals surface area contributed by atoms with Crippen LogP contribution in [0.25, 0.3) is 0 Å². The summed E-state index contributed by atoms with van der Waals surface area (Å²) < 4.78 is 16.9. The van der Waals surface area contributed by atoms with E-state index in [-0.39, 0.29) is 37.5 Å². The Balaban J connectivity index is 4.53. The van der Waals surface area contributed by atoms with Crippen molar-refractivity contribution in [2.45, 2.75) is 258 Å². The number of carbonyl (C=O) groups excluding carboxylic acids is 3. The molecule has 1 atom stereocenters. The maximum atomic E-state index is 12.9. The first-order valence-electron chi connectivity index (χ1n) is 32.9. The minimum Gasteiger partial charge on any atom is -0.462 e. The molecule has 0 rings (SSSR count). The predicted molar refractivity (Wildman–Crippen MR) is 361 cm³/mol. The van der Waals surface area contributed by atoms with Crippen LogP contribution in [0, 0.1) is 0 Å². The zero-order valence-corrected chi connectivity index (χ0v) is 52.9. The van der Waals surface area contributed by atoms with Gasteiger partial charge in [-0.05, 0) is 161 Å². The van der Waals surface area contributed by atoms with Crippen LogP contribution in [-0.4, -0.2) is 37.2 Å². The van der Waals surface area contributed by atoms with Crippen molar-refractivity contribution in [3.8, 4) is 0 Å². The van der Waals surface area contributed by atoms with Crippen LogP contribution >= 0.6 is 0 Å². The molecule has 83 heavy (non-hydrogen) atoms. The van der Waals surface area contributed by atoms with Gasteiger partial charge in [-0.2, -0.15) is 0 Å². The summed E-state index contributed by atoms with van der Waals surface area (Å²) >= 11 is 0. The summed E-state index contributed by atoms with van der Waals surface area (Å²) in [6.07, 6.45) is 104. The lowest BCUT2D eigenvalue weighted by Crippen LogP contribution is -2.30. The lowest BCUT2D eigenvalue weighted by Gasteiger charge is -2.18. The molecule has 0 aliphatic carbocycles. The molecule has 0 aromatic rings. The van der Waals surface area contributed by atoms with Gasteiger partial charge in [0.1, 0.15) is 13.2 Å². The molecule has 6 nitrogen and oxygen atoms in total. The smallest absolute Gasteiger partial charge is 0.306 e. The Bertz CT molecular complexity index is 1990.